The number of allylic oxidation sites excluding steroid dienone is 1. The van der Waals surface area contributed by atoms with Crippen molar-refractivity contribution in [2.75, 3.05) is 13.1 Å². The van der Waals surface area contributed by atoms with Gasteiger partial charge in [0.1, 0.15) is 5.82 Å². The Kier molecular flexibility index (Phi) is 34.6. The Morgan fingerprint density at radius 2 is 1.60 bits per heavy atom. The van der Waals surface area contributed by atoms with Crippen LogP contribution in [-0.4, -0.2) is 31.4 Å². The number of hydrogen-bond acceptors (Lipinski definition) is 3. The number of hydrogen-bond donors (Lipinski definition) is 3. The van der Waals surface area contributed by atoms with Crippen LogP contribution in [0.2, 0.25) is 0 Å². The second-order valence-electron chi connectivity index (χ2n) is 12.5. The van der Waals surface area contributed by atoms with Crippen LogP contribution in [0.4, 0.5) is 4.39 Å². The van der Waals surface area contributed by atoms with Crippen LogP contribution in [-0.2, 0) is 16.0 Å². The molecule has 1 aliphatic carbocycles. The van der Waals surface area contributed by atoms with E-state index in [-0.39, 0.29) is 19.2 Å². The van der Waals surface area contributed by atoms with E-state index in [0.717, 1.165) is 55.8 Å². The summed E-state index contributed by atoms with van der Waals surface area (Å²) in [5, 5.41) is 8.71. The van der Waals surface area contributed by atoms with Crippen LogP contribution in [0.1, 0.15) is 150 Å². The van der Waals surface area contributed by atoms with E-state index < -0.39 is 0 Å². The summed E-state index contributed by atoms with van der Waals surface area (Å²) in [6, 6.07) is 15.4. The number of benzene rings is 2. The van der Waals surface area contributed by atoms with Gasteiger partial charge in [-0.25, -0.2) is 4.39 Å². The van der Waals surface area contributed by atoms with Crippen LogP contribution in [0, 0.1) is 18.7 Å². The van der Waals surface area contributed by atoms with Crippen molar-refractivity contribution in [1.82, 2.24) is 16.0 Å². The number of nitrogens with one attached hydrogen (secondary N) is 3. The molecule has 1 aliphatic rings. The molecule has 0 aliphatic heterocycles. The van der Waals surface area contributed by atoms with Gasteiger partial charge in [-0.2, -0.15) is 0 Å². The molecule has 0 saturated heterocycles. The smallest absolute Gasteiger partial charge is 0.239 e. The van der Waals surface area contributed by atoms with Crippen LogP contribution in [0.5, 0.6) is 0 Å². The molecule has 48 heavy (non-hydrogen) atoms. The van der Waals surface area contributed by atoms with E-state index in [1.165, 1.54) is 68.2 Å². The molecule has 2 aromatic rings. The topological polar surface area (TPSA) is 70.2 Å². The largest absolute Gasteiger partial charge is 0.380 e. The van der Waals surface area contributed by atoms with Crippen molar-refractivity contribution in [3.8, 4) is 0 Å². The van der Waals surface area contributed by atoms with Crippen molar-refractivity contribution < 1.29 is 14.0 Å². The zero-order chi connectivity index (χ0) is 35.9. The van der Waals surface area contributed by atoms with Gasteiger partial charge < -0.3 is 16.0 Å². The zero-order valence-corrected chi connectivity index (χ0v) is 31.5. The molecule has 0 spiro atoms. The van der Waals surface area contributed by atoms with Crippen LogP contribution in [0.3, 0.4) is 0 Å². The summed E-state index contributed by atoms with van der Waals surface area (Å²) in [5.74, 6) is 1.27. The number of halogens is 1. The van der Waals surface area contributed by atoms with E-state index in [1.807, 2.05) is 19.9 Å². The number of unbranched alkanes of at least 4 members (excludes halogenated alkanes) is 2. The maximum Gasteiger partial charge on any atom is 0.239 e. The number of amides is 2. The second kappa shape index (κ2) is 33.7. The van der Waals surface area contributed by atoms with Gasteiger partial charge >= 0.3 is 0 Å². The zero-order valence-electron chi connectivity index (χ0n) is 31.5. The predicted molar refractivity (Wildman–Crippen MR) is 209 cm³/mol. The highest BCUT2D eigenvalue weighted by molar-refractivity contribution is 5.78. The van der Waals surface area contributed by atoms with Crippen molar-refractivity contribution >= 4 is 12.3 Å². The fourth-order valence-corrected chi connectivity index (χ4v) is 4.55. The molecule has 3 rings (SSSR count). The molecule has 2 amide bonds. The standard InChI is InChI=1S/C14H21NO.C12H22N2O.C7H7F.C5H12.C3H8.CH4/c1-3-6-13-7-4-5-8-14(13)12(2)9-10-15-11-16;1-4-9(2)13-8-12(15)14-10(3)7-11-5-6-11;1-6-3-2-4-7(8)5-6;1-3-5-4-2;1-3-2;/h4-5,7-8,11-12H,3,6,9-10H2,1-2H3,(H,15,16);10-11,13H,2,4-8H2,1,3H3,(H,14,15);2-5H,1H3;3-5H2,1-2H3;3H2,1-2H3;1H4. The van der Waals surface area contributed by atoms with E-state index >= 15 is 0 Å². The lowest BCUT2D eigenvalue weighted by molar-refractivity contribution is -0.120. The van der Waals surface area contributed by atoms with Crippen molar-refractivity contribution in [3.63, 3.8) is 0 Å². The Morgan fingerprint density at radius 3 is 2.06 bits per heavy atom. The summed E-state index contributed by atoms with van der Waals surface area (Å²) >= 11 is 0. The summed E-state index contributed by atoms with van der Waals surface area (Å²) in [6.45, 7) is 24.0. The first-order valence-corrected chi connectivity index (χ1v) is 18.2. The van der Waals surface area contributed by atoms with Crippen LogP contribution >= 0.6 is 0 Å². The van der Waals surface area contributed by atoms with Crippen molar-refractivity contribution in [2.24, 2.45) is 5.92 Å². The average Bonchev–Trinajstić information content (AvgIpc) is 3.86. The molecule has 0 radical (unpaired) electrons. The molecular formula is C42H74FN3O2. The van der Waals surface area contributed by atoms with Crippen molar-refractivity contribution in [2.45, 2.75) is 152 Å². The Balaban J connectivity index is -0.000000581. The van der Waals surface area contributed by atoms with Gasteiger partial charge in [0.2, 0.25) is 12.3 Å². The fraction of sp³-hybridized carbons (Fsp3) is 0.619. The Hall–Kier alpha value is -3.15. The first-order valence-electron chi connectivity index (χ1n) is 18.2. The van der Waals surface area contributed by atoms with Crippen LogP contribution < -0.4 is 16.0 Å². The summed E-state index contributed by atoms with van der Waals surface area (Å²) in [5.41, 5.74) is 4.76. The predicted octanol–water partition coefficient (Wildman–Crippen LogP) is 11.1. The highest BCUT2D eigenvalue weighted by Gasteiger charge is 2.24. The molecule has 6 heteroatoms. The van der Waals surface area contributed by atoms with Gasteiger partial charge in [0.05, 0.1) is 6.54 Å². The average molecular weight is 672 g/mol. The lowest BCUT2D eigenvalue weighted by atomic mass is 9.91. The summed E-state index contributed by atoms with van der Waals surface area (Å²) < 4.78 is 12.2. The number of aryl methyl sites for hydroxylation is 2. The molecule has 5 nitrogen and oxygen atoms in total. The number of carbonyl (C=O) groups is 2. The second-order valence-corrected chi connectivity index (χ2v) is 12.5. The van der Waals surface area contributed by atoms with Gasteiger partial charge in [-0.15, -0.1) is 0 Å². The van der Waals surface area contributed by atoms with Gasteiger partial charge in [-0.1, -0.05) is 144 Å². The number of rotatable bonds is 16. The Labute approximate surface area is 296 Å². The van der Waals surface area contributed by atoms with Gasteiger partial charge in [-0.3, -0.25) is 9.59 Å². The van der Waals surface area contributed by atoms with Crippen LogP contribution in [0.25, 0.3) is 0 Å². The third-order valence-electron chi connectivity index (χ3n) is 7.31. The van der Waals surface area contributed by atoms with E-state index in [2.05, 4.69) is 95.3 Å². The summed E-state index contributed by atoms with van der Waals surface area (Å²) in [6.07, 6.45) is 14.1. The minimum absolute atomic E-state index is 0. The first-order chi connectivity index (χ1) is 22.5. The summed E-state index contributed by atoms with van der Waals surface area (Å²) in [7, 11) is 0. The SMILES string of the molecule is C.C=C(CC)NCC(=O)NC(C)CC1CC1.CCC.CCCCC.CCCc1ccccc1C(C)CCNC=O.Cc1cccc(F)c1. The van der Waals surface area contributed by atoms with Gasteiger partial charge in [-0.05, 0) is 80.2 Å². The minimum Gasteiger partial charge on any atom is -0.380 e. The van der Waals surface area contributed by atoms with E-state index in [0.29, 0.717) is 18.5 Å². The summed E-state index contributed by atoms with van der Waals surface area (Å²) in [4.78, 5) is 21.6. The highest BCUT2D eigenvalue weighted by atomic mass is 19.1. The van der Waals surface area contributed by atoms with Gasteiger partial charge in [0, 0.05) is 18.3 Å². The molecule has 2 unspecified atom stereocenters. The fourth-order valence-electron chi connectivity index (χ4n) is 4.55. The lowest BCUT2D eigenvalue weighted by Crippen LogP contribution is -2.38. The van der Waals surface area contributed by atoms with Crippen molar-refractivity contribution in [1.29, 1.82) is 0 Å². The molecule has 276 valence electrons. The molecule has 3 N–H and O–H groups in total. The maximum absolute atomic E-state index is 12.2. The quantitative estimate of drug-likeness (QED) is 0.123. The van der Waals surface area contributed by atoms with Gasteiger partial charge in [0.15, 0.2) is 0 Å². The highest BCUT2D eigenvalue weighted by Crippen LogP contribution is 2.33. The molecule has 2 aromatic carbocycles. The molecule has 2 atom stereocenters. The molecule has 1 saturated carbocycles. The normalized spacial score (nSPS) is 12.1. The number of carbonyl (C=O) groups excluding carboxylic acids is 2. The lowest BCUT2D eigenvalue weighted by Gasteiger charge is -2.15. The first kappa shape index (κ1) is 49.2. The maximum atomic E-state index is 12.2. The molecule has 0 aromatic heterocycles. The molecule has 0 bridgehead atoms. The molecule has 1 fully saturated rings. The molecule has 0 heterocycles. The third kappa shape index (κ3) is 30.2. The van der Waals surface area contributed by atoms with E-state index in [9.17, 15) is 14.0 Å². The molecular weight excluding hydrogens is 597 g/mol. The van der Waals surface area contributed by atoms with E-state index in [4.69, 9.17) is 0 Å². The van der Waals surface area contributed by atoms with Crippen molar-refractivity contribution in [3.05, 3.63) is 83.3 Å². The monoisotopic (exact) mass is 672 g/mol. The Bertz CT molecular complexity index is 1040. The van der Waals surface area contributed by atoms with Crippen LogP contribution in [0.15, 0.2) is 60.8 Å². The van der Waals surface area contributed by atoms with E-state index in [1.54, 1.807) is 6.07 Å². The Morgan fingerprint density at radius 1 is 0.979 bits per heavy atom. The minimum atomic E-state index is -0.162. The van der Waals surface area contributed by atoms with Gasteiger partial charge in [0.25, 0.3) is 0 Å². The third-order valence-corrected chi connectivity index (χ3v) is 7.31.